The summed E-state index contributed by atoms with van der Waals surface area (Å²) in [5.74, 6) is -1.83. The van der Waals surface area contributed by atoms with Crippen LogP contribution in [0.1, 0.15) is 37.7 Å². The molecular formula is C21H20FN3O2. The lowest BCUT2D eigenvalue weighted by molar-refractivity contribution is 0.0844. The molecule has 0 aliphatic heterocycles. The Morgan fingerprint density at radius 3 is 2.11 bits per heavy atom. The van der Waals surface area contributed by atoms with Crippen molar-refractivity contribution in [2.24, 2.45) is 0 Å². The zero-order valence-electron chi connectivity index (χ0n) is 15.3. The first-order valence-corrected chi connectivity index (χ1v) is 8.50. The molecule has 0 unspecified atom stereocenters. The Morgan fingerprint density at radius 1 is 0.852 bits per heavy atom. The maximum absolute atomic E-state index is 13.7. The molecule has 27 heavy (non-hydrogen) atoms. The van der Waals surface area contributed by atoms with Crippen molar-refractivity contribution in [2.45, 2.75) is 20.8 Å². The van der Waals surface area contributed by atoms with Gasteiger partial charge in [-0.1, -0.05) is 30.3 Å². The summed E-state index contributed by atoms with van der Waals surface area (Å²) in [6.45, 7) is 5.75. The highest BCUT2D eigenvalue weighted by atomic mass is 19.1. The Labute approximate surface area is 156 Å². The number of carbonyl (C=O) groups is 2. The van der Waals surface area contributed by atoms with E-state index in [1.165, 1.54) is 18.2 Å². The van der Waals surface area contributed by atoms with Gasteiger partial charge >= 0.3 is 0 Å². The minimum Gasteiger partial charge on any atom is -0.317 e. The Morgan fingerprint density at radius 2 is 1.44 bits per heavy atom. The molecule has 1 aromatic heterocycles. The van der Waals surface area contributed by atoms with Crippen LogP contribution in [0.25, 0.3) is 5.69 Å². The summed E-state index contributed by atoms with van der Waals surface area (Å²) in [7, 11) is 0. The summed E-state index contributed by atoms with van der Waals surface area (Å²) in [4.78, 5) is 24.6. The van der Waals surface area contributed by atoms with Crippen LogP contribution in [0.5, 0.6) is 0 Å². The van der Waals surface area contributed by atoms with Crippen LogP contribution in [0.2, 0.25) is 0 Å². The molecule has 6 heteroatoms. The lowest BCUT2D eigenvalue weighted by Crippen LogP contribution is -2.42. The van der Waals surface area contributed by atoms with Gasteiger partial charge in [0.05, 0.1) is 11.1 Å². The number of hydrazine groups is 1. The number of hydrogen-bond donors (Lipinski definition) is 2. The maximum atomic E-state index is 13.7. The summed E-state index contributed by atoms with van der Waals surface area (Å²) >= 11 is 0. The zero-order valence-corrected chi connectivity index (χ0v) is 15.3. The van der Waals surface area contributed by atoms with Crippen LogP contribution in [-0.4, -0.2) is 16.4 Å². The van der Waals surface area contributed by atoms with E-state index in [0.717, 1.165) is 22.6 Å². The molecule has 138 valence electrons. The molecule has 2 aromatic carbocycles. The minimum absolute atomic E-state index is 0.136. The van der Waals surface area contributed by atoms with E-state index in [1.807, 2.05) is 49.6 Å². The van der Waals surface area contributed by atoms with Gasteiger partial charge in [-0.25, -0.2) is 4.39 Å². The van der Waals surface area contributed by atoms with Gasteiger partial charge in [-0.15, -0.1) is 0 Å². The second-order valence-electron chi connectivity index (χ2n) is 6.29. The molecule has 3 rings (SSSR count). The fourth-order valence-corrected chi connectivity index (χ4v) is 3.07. The summed E-state index contributed by atoms with van der Waals surface area (Å²) in [6.07, 6.45) is 0. The lowest BCUT2D eigenvalue weighted by Gasteiger charge is -2.13. The number of benzene rings is 2. The van der Waals surface area contributed by atoms with E-state index in [2.05, 4.69) is 10.9 Å². The topological polar surface area (TPSA) is 63.1 Å². The van der Waals surface area contributed by atoms with E-state index in [0.29, 0.717) is 5.56 Å². The molecule has 2 N–H and O–H groups in total. The van der Waals surface area contributed by atoms with Crippen LogP contribution < -0.4 is 10.9 Å². The molecule has 0 saturated heterocycles. The first kappa shape index (κ1) is 18.4. The summed E-state index contributed by atoms with van der Waals surface area (Å²) in [5.41, 5.74) is 8.63. The molecular weight excluding hydrogens is 345 g/mol. The van der Waals surface area contributed by atoms with Crippen molar-refractivity contribution in [2.75, 3.05) is 0 Å². The van der Waals surface area contributed by atoms with Gasteiger partial charge in [-0.3, -0.25) is 20.4 Å². The Bertz CT molecular complexity index is 1020. The van der Waals surface area contributed by atoms with Gasteiger partial charge in [-0.05, 0) is 50.6 Å². The molecule has 1 heterocycles. The van der Waals surface area contributed by atoms with E-state index in [4.69, 9.17) is 0 Å². The van der Waals surface area contributed by atoms with Crippen LogP contribution in [-0.2, 0) is 0 Å². The second-order valence-corrected chi connectivity index (χ2v) is 6.29. The predicted octanol–water partition coefficient (Wildman–Crippen LogP) is 3.62. The van der Waals surface area contributed by atoms with Gasteiger partial charge in [0.2, 0.25) is 0 Å². The monoisotopic (exact) mass is 365 g/mol. The highest BCUT2D eigenvalue weighted by Crippen LogP contribution is 2.23. The number of aryl methyl sites for hydroxylation is 2. The third-order valence-corrected chi connectivity index (χ3v) is 4.44. The van der Waals surface area contributed by atoms with Crippen LogP contribution in [0, 0.1) is 26.6 Å². The molecule has 0 spiro atoms. The Hall–Kier alpha value is -3.41. The van der Waals surface area contributed by atoms with Crippen LogP contribution >= 0.6 is 0 Å². The number of nitrogens with one attached hydrogen (secondary N) is 2. The molecule has 0 bridgehead atoms. The van der Waals surface area contributed by atoms with Gasteiger partial charge in [-0.2, -0.15) is 0 Å². The minimum atomic E-state index is -0.714. The lowest BCUT2D eigenvalue weighted by atomic mass is 10.2. The Balaban J connectivity index is 1.80. The third kappa shape index (κ3) is 3.60. The number of amides is 2. The van der Waals surface area contributed by atoms with E-state index < -0.39 is 17.6 Å². The van der Waals surface area contributed by atoms with E-state index in [1.54, 1.807) is 12.1 Å². The molecule has 0 aliphatic carbocycles. The van der Waals surface area contributed by atoms with Crippen molar-refractivity contribution >= 4 is 11.8 Å². The number of rotatable bonds is 3. The van der Waals surface area contributed by atoms with Gasteiger partial charge in [0.25, 0.3) is 11.8 Å². The fourth-order valence-electron chi connectivity index (χ4n) is 3.07. The average molecular weight is 365 g/mol. The standard InChI is InChI=1S/C21H20FN3O2/c1-13-8-4-7-11-19(13)25-14(2)12-17(15(25)3)21(27)24-23-20(26)16-9-5-6-10-18(16)22/h4-12H,1-3H3,(H,23,26)(H,24,27). The number of aromatic nitrogens is 1. The Kier molecular flexibility index (Phi) is 5.07. The van der Waals surface area contributed by atoms with Crippen molar-refractivity contribution in [3.05, 3.63) is 88.5 Å². The molecule has 5 nitrogen and oxygen atoms in total. The molecule has 0 saturated carbocycles. The summed E-state index contributed by atoms with van der Waals surface area (Å²) in [6, 6.07) is 15.2. The number of carbonyl (C=O) groups excluding carboxylic acids is 2. The number of para-hydroxylation sites is 1. The molecule has 0 aliphatic rings. The number of halogens is 1. The second kappa shape index (κ2) is 7.45. The van der Waals surface area contributed by atoms with Crippen molar-refractivity contribution in [3.8, 4) is 5.69 Å². The van der Waals surface area contributed by atoms with Crippen LogP contribution in [0.3, 0.4) is 0 Å². The third-order valence-electron chi connectivity index (χ3n) is 4.44. The highest BCUT2D eigenvalue weighted by molar-refractivity contribution is 6.00. The molecule has 0 fully saturated rings. The van der Waals surface area contributed by atoms with Gasteiger partial charge in [0, 0.05) is 17.1 Å². The van der Waals surface area contributed by atoms with Crippen molar-refractivity contribution in [1.29, 1.82) is 0 Å². The summed E-state index contributed by atoms with van der Waals surface area (Å²) in [5, 5.41) is 0. The van der Waals surface area contributed by atoms with Gasteiger partial charge in [0.1, 0.15) is 5.82 Å². The fraction of sp³-hybridized carbons (Fsp3) is 0.143. The normalized spacial score (nSPS) is 10.5. The number of hydrogen-bond acceptors (Lipinski definition) is 2. The van der Waals surface area contributed by atoms with Gasteiger partial charge in [0.15, 0.2) is 0 Å². The average Bonchev–Trinajstić information content (AvgIpc) is 2.95. The molecule has 2 amide bonds. The highest BCUT2D eigenvalue weighted by Gasteiger charge is 2.18. The van der Waals surface area contributed by atoms with E-state index in [-0.39, 0.29) is 5.56 Å². The first-order valence-electron chi connectivity index (χ1n) is 8.50. The van der Waals surface area contributed by atoms with Crippen molar-refractivity contribution in [1.82, 2.24) is 15.4 Å². The molecule has 0 radical (unpaired) electrons. The van der Waals surface area contributed by atoms with Crippen LogP contribution in [0.4, 0.5) is 4.39 Å². The van der Waals surface area contributed by atoms with E-state index >= 15 is 0 Å². The molecule has 0 atom stereocenters. The maximum Gasteiger partial charge on any atom is 0.272 e. The zero-order chi connectivity index (χ0) is 19.6. The number of nitrogens with zero attached hydrogens (tertiary/aromatic N) is 1. The first-order chi connectivity index (χ1) is 12.9. The largest absolute Gasteiger partial charge is 0.317 e. The van der Waals surface area contributed by atoms with E-state index in [9.17, 15) is 14.0 Å². The smallest absolute Gasteiger partial charge is 0.272 e. The van der Waals surface area contributed by atoms with Gasteiger partial charge < -0.3 is 4.57 Å². The quantitative estimate of drug-likeness (QED) is 0.697. The predicted molar refractivity (Wildman–Crippen MR) is 101 cm³/mol. The SMILES string of the molecule is Cc1ccccc1-n1c(C)cc(C(=O)NNC(=O)c2ccccc2F)c1C. The van der Waals surface area contributed by atoms with Crippen molar-refractivity contribution < 1.29 is 14.0 Å². The van der Waals surface area contributed by atoms with Crippen molar-refractivity contribution in [3.63, 3.8) is 0 Å². The summed E-state index contributed by atoms with van der Waals surface area (Å²) < 4.78 is 15.6. The molecule has 3 aromatic rings. The van der Waals surface area contributed by atoms with Crippen LogP contribution in [0.15, 0.2) is 54.6 Å².